The second-order valence-corrected chi connectivity index (χ2v) is 6.30. The lowest BCUT2D eigenvalue weighted by Crippen LogP contribution is -2.25. The molecule has 1 aliphatic rings. The fourth-order valence-electron chi connectivity index (χ4n) is 2.46. The highest BCUT2D eigenvalue weighted by molar-refractivity contribution is 8.14. The number of thioether (sulfide) groups is 1. The van der Waals surface area contributed by atoms with E-state index in [9.17, 15) is 9.59 Å². The molecule has 1 atom stereocenters. The highest BCUT2D eigenvalue weighted by Crippen LogP contribution is 2.42. The molecule has 1 unspecified atom stereocenters. The number of carbonyl (C=O) groups is 2. The lowest BCUT2D eigenvalue weighted by atomic mass is 10.2. The van der Waals surface area contributed by atoms with Gasteiger partial charge >= 0.3 is 0 Å². The third-order valence-electron chi connectivity index (χ3n) is 3.38. The summed E-state index contributed by atoms with van der Waals surface area (Å²) in [7, 11) is 4.59. The summed E-state index contributed by atoms with van der Waals surface area (Å²) in [5.41, 5.74) is 0.672. The second-order valence-electron chi connectivity index (χ2n) is 4.82. The largest absolute Gasteiger partial charge is 0.493 e. The zero-order chi connectivity index (χ0) is 16.3. The third kappa shape index (κ3) is 3.30. The van der Waals surface area contributed by atoms with Gasteiger partial charge in [-0.3, -0.25) is 9.59 Å². The molecule has 1 aliphatic heterocycles. The van der Waals surface area contributed by atoms with Crippen LogP contribution in [-0.2, 0) is 9.59 Å². The van der Waals surface area contributed by atoms with E-state index in [1.807, 2.05) is 0 Å². The summed E-state index contributed by atoms with van der Waals surface area (Å²) in [5, 5.41) is -0.00589. The van der Waals surface area contributed by atoms with Gasteiger partial charge in [0.15, 0.2) is 16.6 Å². The molecule has 7 heteroatoms. The van der Waals surface area contributed by atoms with Crippen molar-refractivity contribution in [1.82, 2.24) is 0 Å². The van der Waals surface area contributed by atoms with E-state index in [0.717, 1.165) is 0 Å². The van der Waals surface area contributed by atoms with E-state index in [4.69, 9.17) is 14.2 Å². The molecule has 1 saturated heterocycles. The maximum absolute atomic E-state index is 12.2. The Kier molecular flexibility index (Phi) is 5.18. The van der Waals surface area contributed by atoms with E-state index in [2.05, 4.69) is 0 Å². The number of ether oxygens (including phenoxy) is 3. The van der Waals surface area contributed by atoms with Crippen molar-refractivity contribution in [2.24, 2.45) is 0 Å². The summed E-state index contributed by atoms with van der Waals surface area (Å²) in [6.45, 7) is 2.00. The fraction of sp³-hybridized carbons (Fsp3) is 0.467. The van der Waals surface area contributed by atoms with Gasteiger partial charge in [0.1, 0.15) is 0 Å². The van der Waals surface area contributed by atoms with E-state index in [0.29, 0.717) is 35.9 Å². The van der Waals surface area contributed by atoms with E-state index >= 15 is 0 Å². The predicted molar refractivity (Wildman–Crippen MR) is 85.1 cm³/mol. The third-order valence-corrected chi connectivity index (χ3v) is 4.36. The van der Waals surface area contributed by atoms with Gasteiger partial charge in [-0.2, -0.15) is 0 Å². The topological polar surface area (TPSA) is 65.1 Å². The first kappa shape index (κ1) is 16.5. The molecule has 0 radical (unpaired) electrons. The van der Waals surface area contributed by atoms with Crippen LogP contribution in [0.3, 0.4) is 0 Å². The normalized spacial score (nSPS) is 17.5. The molecular formula is C15H19NO5S. The van der Waals surface area contributed by atoms with Gasteiger partial charge in [0.05, 0.1) is 27.0 Å². The maximum atomic E-state index is 12.2. The first-order valence-electron chi connectivity index (χ1n) is 6.77. The molecule has 2 rings (SSSR count). The van der Waals surface area contributed by atoms with Crippen molar-refractivity contribution < 1.29 is 23.8 Å². The molecule has 6 nitrogen and oxygen atoms in total. The number of rotatable bonds is 5. The Morgan fingerprint density at radius 1 is 1.18 bits per heavy atom. The monoisotopic (exact) mass is 325 g/mol. The number of methoxy groups -OCH3 is 3. The molecule has 1 aromatic carbocycles. The van der Waals surface area contributed by atoms with Crippen LogP contribution in [-0.4, -0.2) is 44.1 Å². The Hall–Kier alpha value is -1.89. The van der Waals surface area contributed by atoms with Gasteiger partial charge < -0.3 is 19.1 Å². The number of amides is 1. The molecule has 0 saturated carbocycles. The van der Waals surface area contributed by atoms with Gasteiger partial charge in [0.25, 0.3) is 0 Å². The van der Waals surface area contributed by atoms with Crippen molar-refractivity contribution in [2.45, 2.75) is 18.6 Å². The van der Waals surface area contributed by atoms with Crippen LogP contribution in [0.5, 0.6) is 17.2 Å². The summed E-state index contributed by atoms with van der Waals surface area (Å²) in [6, 6.07) is 3.47. The minimum Gasteiger partial charge on any atom is -0.493 e. The molecule has 0 bridgehead atoms. The second kappa shape index (κ2) is 6.91. The average molecular weight is 325 g/mol. The number of nitrogens with zero attached hydrogens (tertiary/aromatic N) is 1. The highest BCUT2D eigenvalue weighted by atomic mass is 32.2. The van der Waals surface area contributed by atoms with Crippen molar-refractivity contribution in [2.75, 3.05) is 32.8 Å². The minimum absolute atomic E-state index is 0.0181. The van der Waals surface area contributed by atoms with Crippen LogP contribution in [0.25, 0.3) is 0 Å². The van der Waals surface area contributed by atoms with Crippen LogP contribution < -0.4 is 19.1 Å². The van der Waals surface area contributed by atoms with E-state index in [1.54, 1.807) is 17.0 Å². The van der Waals surface area contributed by atoms with Crippen molar-refractivity contribution in [3.63, 3.8) is 0 Å². The van der Waals surface area contributed by atoms with Crippen molar-refractivity contribution in [1.29, 1.82) is 0 Å². The number of benzene rings is 1. The Bertz CT molecular complexity index is 564. The van der Waals surface area contributed by atoms with Crippen LogP contribution in [0.1, 0.15) is 13.3 Å². The molecule has 0 N–H and O–H groups in total. The van der Waals surface area contributed by atoms with Gasteiger partial charge in [0, 0.05) is 37.3 Å². The molecule has 0 aromatic heterocycles. The van der Waals surface area contributed by atoms with Gasteiger partial charge in [-0.15, -0.1) is 0 Å². The van der Waals surface area contributed by atoms with Crippen LogP contribution >= 0.6 is 11.8 Å². The Balaban J connectivity index is 2.32. The number of hydrogen-bond acceptors (Lipinski definition) is 6. The zero-order valence-corrected chi connectivity index (χ0v) is 13.9. The molecule has 0 spiro atoms. The maximum Gasteiger partial charge on any atom is 0.228 e. The Labute approximate surface area is 133 Å². The summed E-state index contributed by atoms with van der Waals surface area (Å²) in [6.07, 6.45) is 0.348. The summed E-state index contributed by atoms with van der Waals surface area (Å²) in [5.74, 6) is 1.45. The van der Waals surface area contributed by atoms with Gasteiger partial charge in [-0.25, -0.2) is 0 Å². The number of hydrogen-bond donors (Lipinski definition) is 0. The minimum atomic E-state index is -0.0240. The lowest BCUT2D eigenvalue weighted by molar-refractivity contribution is -0.117. The summed E-state index contributed by atoms with van der Waals surface area (Å²) in [4.78, 5) is 25.1. The molecule has 1 aromatic rings. The van der Waals surface area contributed by atoms with Gasteiger partial charge in [0.2, 0.25) is 11.7 Å². The quantitative estimate of drug-likeness (QED) is 0.826. The van der Waals surface area contributed by atoms with Crippen molar-refractivity contribution in [3.05, 3.63) is 12.1 Å². The number of anilines is 1. The van der Waals surface area contributed by atoms with Crippen LogP contribution in [0.2, 0.25) is 0 Å². The van der Waals surface area contributed by atoms with Crippen LogP contribution in [0, 0.1) is 0 Å². The summed E-state index contributed by atoms with van der Waals surface area (Å²) >= 11 is 1.20. The standard InChI is InChI=1S/C15H19NO5S/c1-9(17)22-11-7-14(18)16(8-11)10-5-12(19-2)15(21-4)13(6-10)20-3/h5-6,11H,7-8H2,1-4H3. The average Bonchev–Trinajstić information content (AvgIpc) is 2.85. The van der Waals surface area contributed by atoms with Crippen LogP contribution in [0.4, 0.5) is 5.69 Å². The molecule has 1 fully saturated rings. The Morgan fingerprint density at radius 2 is 1.77 bits per heavy atom. The van der Waals surface area contributed by atoms with E-state index in [1.165, 1.54) is 40.0 Å². The summed E-state index contributed by atoms with van der Waals surface area (Å²) < 4.78 is 15.9. The smallest absolute Gasteiger partial charge is 0.228 e. The van der Waals surface area contributed by atoms with Gasteiger partial charge in [-0.05, 0) is 0 Å². The number of carbonyl (C=O) groups excluding carboxylic acids is 2. The molecule has 0 aliphatic carbocycles. The van der Waals surface area contributed by atoms with Crippen molar-refractivity contribution >= 4 is 28.5 Å². The zero-order valence-electron chi connectivity index (χ0n) is 13.0. The highest BCUT2D eigenvalue weighted by Gasteiger charge is 2.33. The lowest BCUT2D eigenvalue weighted by Gasteiger charge is -2.20. The first-order valence-corrected chi connectivity index (χ1v) is 7.65. The predicted octanol–water partition coefficient (Wildman–Crippen LogP) is 2.10. The first-order chi connectivity index (χ1) is 10.5. The molecule has 1 amide bonds. The van der Waals surface area contributed by atoms with Gasteiger partial charge in [-0.1, -0.05) is 11.8 Å². The molecule has 22 heavy (non-hydrogen) atoms. The van der Waals surface area contributed by atoms with E-state index in [-0.39, 0.29) is 16.3 Å². The molecular weight excluding hydrogens is 306 g/mol. The fourth-order valence-corrected chi connectivity index (χ4v) is 3.38. The molecule has 120 valence electrons. The van der Waals surface area contributed by atoms with Crippen molar-refractivity contribution in [3.8, 4) is 17.2 Å². The molecule has 1 heterocycles. The Morgan fingerprint density at radius 3 is 2.23 bits per heavy atom. The van der Waals surface area contributed by atoms with Crippen LogP contribution in [0.15, 0.2) is 12.1 Å². The van der Waals surface area contributed by atoms with E-state index < -0.39 is 0 Å². The SMILES string of the molecule is COc1cc(N2CC(SC(C)=O)CC2=O)cc(OC)c1OC.